The number of ether oxygens (including phenoxy) is 2. The van der Waals surface area contributed by atoms with E-state index >= 15 is 0 Å². The second-order valence-corrected chi connectivity index (χ2v) is 7.62. The van der Waals surface area contributed by atoms with Gasteiger partial charge < -0.3 is 19.5 Å². The minimum atomic E-state index is -0.365. The van der Waals surface area contributed by atoms with Crippen molar-refractivity contribution in [2.24, 2.45) is 17.8 Å². The number of hydrogen-bond acceptors (Lipinski definition) is 4. The Bertz CT molecular complexity index is 468. The number of nitrogens with zero attached hydrogens (tertiary/aromatic N) is 1. The molecule has 0 spiro atoms. The smallest absolute Gasteiger partial charge is 0.288 e. The van der Waals surface area contributed by atoms with E-state index in [1.165, 1.54) is 25.7 Å². The van der Waals surface area contributed by atoms with E-state index in [4.69, 9.17) is 9.47 Å². The molecule has 1 saturated carbocycles. The Kier molecular flexibility index (Phi) is 6.77. The Balaban J connectivity index is 1.79. The summed E-state index contributed by atoms with van der Waals surface area (Å²) in [6.07, 6.45) is 10.5. The van der Waals surface area contributed by atoms with Crippen molar-refractivity contribution >= 4 is 5.91 Å². The van der Waals surface area contributed by atoms with Crippen LogP contribution >= 0.6 is 0 Å². The lowest BCUT2D eigenvalue weighted by Gasteiger charge is -2.43. The Morgan fingerprint density at radius 1 is 1.28 bits per heavy atom. The molecule has 0 aromatic rings. The van der Waals surface area contributed by atoms with E-state index in [2.05, 4.69) is 6.08 Å². The summed E-state index contributed by atoms with van der Waals surface area (Å²) in [5.74, 6) is 1.72. The number of carbonyl (C=O) groups is 1. The number of hydrogen-bond donors (Lipinski definition) is 1. The van der Waals surface area contributed by atoms with Gasteiger partial charge in [0.25, 0.3) is 5.91 Å². The molecule has 0 bridgehead atoms. The molecule has 0 radical (unpaired) electrons. The van der Waals surface area contributed by atoms with Crippen molar-refractivity contribution in [3.63, 3.8) is 0 Å². The summed E-state index contributed by atoms with van der Waals surface area (Å²) >= 11 is 0. The van der Waals surface area contributed by atoms with Crippen LogP contribution < -0.4 is 0 Å². The predicted octanol–water partition coefficient (Wildman–Crippen LogP) is 3.08. The summed E-state index contributed by atoms with van der Waals surface area (Å²) in [4.78, 5) is 14.9. The monoisotopic (exact) mass is 351 g/mol. The lowest BCUT2D eigenvalue weighted by molar-refractivity contribution is -0.181. The third kappa shape index (κ3) is 4.37. The summed E-state index contributed by atoms with van der Waals surface area (Å²) < 4.78 is 12.0. The number of allylic oxidation sites excluding steroid dienone is 1. The van der Waals surface area contributed by atoms with E-state index in [1.807, 2.05) is 11.8 Å². The Labute approximate surface area is 151 Å². The first-order chi connectivity index (χ1) is 12.2. The first-order valence-electron chi connectivity index (χ1n) is 10.1. The van der Waals surface area contributed by atoms with Crippen LogP contribution in [0.5, 0.6) is 0 Å². The fourth-order valence-corrected chi connectivity index (χ4v) is 4.39. The van der Waals surface area contributed by atoms with E-state index in [0.717, 1.165) is 38.8 Å². The van der Waals surface area contributed by atoms with Gasteiger partial charge in [-0.15, -0.1) is 0 Å². The van der Waals surface area contributed by atoms with E-state index in [0.29, 0.717) is 24.2 Å². The zero-order chi connectivity index (χ0) is 17.6. The third-order valence-electron chi connectivity index (χ3n) is 6.01. The van der Waals surface area contributed by atoms with Crippen LogP contribution in [0.3, 0.4) is 0 Å². The maximum Gasteiger partial charge on any atom is 0.288 e. The minimum Gasteiger partial charge on any atom is -0.459 e. The highest BCUT2D eigenvalue weighted by Crippen LogP contribution is 2.44. The van der Waals surface area contributed by atoms with Crippen LogP contribution in [-0.2, 0) is 14.3 Å². The van der Waals surface area contributed by atoms with Crippen LogP contribution in [-0.4, -0.2) is 48.5 Å². The van der Waals surface area contributed by atoms with Crippen LogP contribution in [0.15, 0.2) is 11.8 Å². The first-order valence-corrected chi connectivity index (χ1v) is 10.1. The molecule has 3 atom stereocenters. The molecule has 1 N–H and O–H groups in total. The number of likely N-dealkylation sites (tertiary alicyclic amines) is 1. The molecule has 2 heterocycles. The van der Waals surface area contributed by atoms with Gasteiger partial charge in [0.1, 0.15) is 0 Å². The van der Waals surface area contributed by atoms with E-state index in [9.17, 15) is 9.90 Å². The van der Waals surface area contributed by atoms with Crippen LogP contribution in [0.25, 0.3) is 0 Å². The number of piperidine rings is 1. The van der Waals surface area contributed by atoms with Gasteiger partial charge in [0, 0.05) is 32.2 Å². The molecule has 142 valence electrons. The van der Waals surface area contributed by atoms with Gasteiger partial charge >= 0.3 is 0 Å². The molecular formula is C20H33NO4. The molecule has 25 heavy (non-hydrogen) atoms. The topological polar surface area (TPSA) is 59.0 Å². The van der Waals surface area contributed by atoms with Crippen LogP contribution in [0, 0.1) is 17.8 Å². The highest BCUT2D eigenvalue weighted by atomic mass is 16.7. The van der Waals surface area contributed by atoms with Gasteiger partial charge in [-0.25, -0.2) is 0 Å². The molecule has 0 aromatic carbocycles. The average Bonchev–Trinajstić information content (AvgIpc) is 2.60. The number of rotatable bonds is 7. The fourth-order valence-electron chi connectivity index (χ4n) is 4.39. The molecule has 0 aromatic heterocycles. The quantitative estimate of drug-likeness (QED) is 0.766. The standard InChI is InChI=1S/C20H33NO4/c1-2-24-20-16(10-7-13-22)17(15-8-6-9-15)14-18(25-20)19(23)21-11-4-3-5-12-21/h14-17,20,22H,2-13H2,1H3/t16-,17+,20+/m1/s1. The predicted molar refractivity (Wildman–Crippen MR) is 95.7 cm³/mol. The van der Waals surface area contributed by atoms with Gasteiger partial charge in [-0.05, 0) is 69.8 Å². The van der Waals surface area contributed by atoms with Gasteiger partial charge in [0.05, 0.1) is 0 Å². The zero-order valence-electron chi connectivity index (χ0n) is 15.5. The highest BCUT2D eigenvalue weighted by Gasteiger charge is 2.42. The molecule has 2 aliphatic heterocycles. The molecule has 1 aliphatic carbocycles. The summed E-state index contributed by atoms with van der Waals surface area (Å²) in [6, 6.07) is 0. The van der Waals surface area contributed by atoms with Crippen LogP contribution in [0.4, 0.5) is 0 Å². The highest BCUT2D eigenvalue weighted by molar-refractivity contribution is 5.91. The number of carbonyl (C=O) groups excluding carboxylic acids is 1. The summed E-state index contributed by atoms with van der Waals surface area (Å²) in [5, 5.41) is 9.26. The molecule has 5 nitrogen and oxygen atoms in total. The van der Waals surface area contributed by atoms with Crippen LogP contribution in [0.2, 0.25) is 0 Å². The maximum atomic E-state index is 12.9. The van der Waals surface area contributed by atoms with Crippen molar-refractivity contribution in [3.05, 3.63) is 11.8 Å². The lowest BCUT2D eigenvalue weighted by Crippen LogP contribution is -2.44. The molecule has 1 amide bonds. The van der Waals surface area contributed by atoms with Gasteiger partial charge in [-0.3, -0.25) is 4.79 Å². The molecular weight excluding hydrogens is 318 g/mol. The zero-order valence-corrected chi connectivity index (χ0v) is 15.5. The first kappa shape index (κ1) is 18.7. The largest absolute Gasteiger partial charge is 0.459 e. The van der Waals surface area contributed by atoms with Gasteiger partial charge in [0.15, 0.2) is 5.76 Å². The van der Waals surface area contributed by atoms with Crippen molar-refractivity contribution in [1.82, 2.24) is 4.90 Å². The van der Waals surface area contributed by atoms with Gasteiger partial charge in [-0.2, -0.15) is 0 Å². The Morgan fingerprint density at radius 3 is 2.64 bits per heavy atom. The number of aliphatic hydroxyl groups is 1. The van der Waals surface area contributed by atoms with Crippen molar-refractivity contribution in [2.75, 3.05) is 26.3 Å². The molecule has 1 saturated heterocycles. The van der Waals surface area contributed by atoms with E-state index in [-0.39, 0.29) is 24.7 Å². The number of amides is 1. The normalized spacial score (nSPS) is 30.4. The van der Waals surface area contributed by atoms with Crippen molar-refractivity contribution in [3.8, 4) is 0 Å². The van der Waals surface area contributed by atoms with Crippen molar-refractivity contribution < 1.29 is 19.4 Å². The Morgan fingerprint density at radius 2 is 2.04 bits per heavy atom. The van der Waals surface area contributed by atoms with Crippen molar-refractivity contribution in [1.29, 1.82) is 0 Å². The second kappa shape index (κ2) is 9.04. The maximum absolute atomic E-state index is 12.9. The average molecular weight is 351 g/mol. The number of aliphatic hydroxyl groups excluding tert-OH is 1. The lowest BCUT2D eigenvalue weighted by atomic mass is 9.68. The fraction of sp³-hybridized carbons (Fsp3) is 0.850. The summed E-state index contributed by atoms with van der Waals surface area (Å²) in [6.45, 7) is 4.40. The molecule has 2 fully saturated rings. The van der Waals surface area contributed by atoms with Crippen LogP contribution in [0.1, 0.15) is 58.3 Å². The van der Waals surface area contributed by atoms with Gasteiger partial charge in [0.2, 0.25) is 6.29 Å². The summed E-state index contributed by atoms with van der Waals surface area (Å²) in [7, 11) is 0. The SMILES string of the molecule is CCO[C@H]1OC(C(=O)N2CCCCC2)=C[C@@H](C2CCC2)[C@H]1CCCO. The molecule has 3 rings (SSSR count). The van der Waals surface area contributed by atoms with E-state index < -0.39 is 0 Å². The van der Waals surface area contributed by atoms with E-state index in [1.54, 1.807) is 0 Å². The minimum absolute atomic E-state index is 0.0364. The summed E-state index contributed by atoms with van der Waals surface area (Å²) in [5.41, 5.74) is 0. The molecule has 5 heteroatoms. The Hall–Kier alpha value is -1.07. The molecule has 0 unspecified atom stereocenters. The third-order valence-corrected chi connectivity index (χ3v) is 6.01. The molecule has 3 aliphatic rings. The van der Waals surface area contributed by atoms with Crippen molar-refractivity contribution in [2.45, 2.75) is 64.6 Å². The van der Waals surface area contributed by atoms with Gasteiger partial charge in [-0.1, -0.05) is 6.42 Å². The second-order valence-electron chi connectivity index (χ2n) is 7.62.